The Morgan fingerprint density at radius 1 is 0.478 bits per heavy atom. The van der Waals surface area contributed by atoms with E-state index >= 15 is 0 Å². The van der Waals surface area contributed by atoms with Crippen LogP contribution < -0.4 is 0 Å². The molecule has 0 aromatic rings. The van der Waals surface area contributed by atoms with Crippen molar-refractivity contribution in [2.24, 2.45) is 11.8 Å². The van der Waals surface area contributed by atoms with E-state index in [1.807, 2.05) is 0 Å². The van der Waals surface area contributed by atoms with Crippen molar-refractivity contribution in [2.75, 3.05) is 0 Å². The zero-order valence-corrected chi connectivity index (χ0v) is 17.2. The monoisotopic (exact) mass is 324 g/mol. The van der Waals surface area contributed by atoms with Crippen LogP contribution in [-0.2, 0) is 0 Å². The lowest BCUT2D eigenvalue weighted by molar-refractivity contribution is 0.313. The number of hydrogen-bond acceptors (Lipinski definition) is 0. The van der Waals surface area contributed by atoms with Crippen molar-refractivity contribution in [1.29, 1.82) is 0 Å². The summed E-state index contributed by atoms with van der Waals surface area (Å²) in [6.07, 6.45) is 24.7. The molecule has 0 saturated carbocycles. The van der Waals surface area contributed by atoms with Crippen molar-refractivity contribution in [2.45, 2.75) is 137 Å². The molecule has 0 aromatic heterocycles. The normalized spacial score (nSPS) is 14.1. The molecule has 0 radical (unpaired) electrons. The van der Waals surface area contributed by atoms with Crippen LogP contribution in [0.25, 0.3) is 0 Å². The molecule has 0 rings (SSSR count). The summed E-state index contributed by atoms with van der Waals surface area (Å²) < 4.78 is 0. The first kappa shape index (κ1) is 23.0. The van der Waals surface area contributed by atoms with Crippen LogP contribution in [0, 0.1) is 11.8 Å². The van der Waals surface area contributed by atoms with Gasteiger partial charge >= 0.3 is 0 Å². The van der Waals surface area contributed by atoms with Crippen LogP contribution in [0.3, 0.4) is 0 Å². The number of unbranched alkanes of at least 4 members (excludes halogenated alkanes) is 10. The standard InChI is InChI=1S/C23H48/c1-5-8-11-14-17-20-23(19-16-13-10-7-3)21-22(4)18-15-12-9-6-2/h22-23H,5-21H2,1-4H3. The van der Waals surface area contributed by atoms with E-state index < -0.39 is 0 Å². The van der Waals surface area contributed by atoms with Crippen molar-refractivity contribution in [3.05, 3.63) is 0 Å². The maximum atomic E-state index is 2.52. The predicted molar refractivity (Wildman–Crippen MR) is 108 cm³/mol. The summed E-state index contributed by atoms with van der Waals surface area (Å²) in [7, 11) is 0. The van der Waals surface area contributed by atoms with Gasteiger partial charge in [0.15, 0.2) is 0 Å². The summed E-state index contributed by atoms with van der Waals surface area (Å²) in [6, 6.07) is 0. The smallest absolute Gasteiger partial charge is 0.0412 e. The maximum absolute atomic E-state index is 2.52. The molecule has 2 atom stereocenters. The molecule has 0 N–H and O–H groups in total. The zero-order chi connectivity index (χ0) is 17.2. The van der Waals surface area contributed by atoms with Gasteiger partial charge in [-0.2, -0.15) is 0 Å². The van der Waals surface area contributed by atoms with Crippen LogP contribution in [0.5, 0.6) is 0 Å². The lowest BCUT2D eigenvalue weighted by atomic mass is 9.85. The molecule has 0 heteroatoms. The first-order valence-electron chi connectivity index (χ1n) is 11.2. The van der Waals surface area contributed by atoms with Gasteiger partial charge in [0.05, 0.1) is 0 Å². The van der Waals surface area contributed by atoms with Crippen molar-refractivity contribution < 1.29 is 0 Å². The Morgan fingerprint density at radius 2 is 0.870 bits per heavy atom. The van der Waals surface area contributed by atoms with Crippen LogP contribution in [-0.4, -0.2) is 0 Å². The Kier molecular flexibility index (Phi) is 18.3. The Balaban J connectivity index is 3.92. The largest absolute Gasteiger partial charge is 0.0654 e. The SMILES string of the molecule is CCCCCCCC(CCCCCC)CC(C)CCCCCC. The van der Waals surface area contributed by atoms with Gasteiger partial charge in [-0.15, -0.1) is 0 Å². The molecule has 140 valence electrons. The fourth-order valence-corrected chi connectivity index (χ4v) is 3.88. The van der Waals surface area contributed by atoms with Gasteiger partial charge in [0, 0.05) is 0 Å². The summed E-state index contributed by atoms with van der Waals surface area (Å²) in [5.41, 5.74) is 0. The Bertz CT molecular complexity index is 208. The first-order valence-corrected chi connectivity index (χ1v) is 11.2. The average Bonchev–Trinajstić information content (AvgIpc) is 2.55. The predicted octanol–water partition coefficient (Wildman–Crippen LogP) is 8.93. The molecule has 0 saturated heterocycles. The third kappa shape index (κ3) is 16.6. The third-order valence-electron chi connectivity index (χ3n) is 5.47. The molecule has 0 fully saturated rings. The Morgan fingerprint density at radius 3 is 1.35 bits per heavy atom. The van der Waals surface area contributed by atoms with E-state index in [9.17, 15) is 0 Å². The van der Waals surface area contributed by atoms with Crippen LogP contribution in [0.15, 0.2) is 0 Å². The molecule has 0 amide bonds. The molecule has 2 unspecified atom stereocenters. The van der Waals surface area contributed by atoms with Gasteiger partial charge in [-0.05, 0) is 18.3 Å². The molecule has 0 aliphatic rings. The summed E-state index contributed by atoms with van der Waals surface area (Å²) in [6.45, 7) is 9.47. The Labute approximate surface area is 149 Å². The second kappa shape index (κ2) is 18.3. The van der Waals surface area contributed by atoms with Crippen molar-refractivity contribution in [3.63, 3.8) is 0 Å². The third-order valence-corrected chi connectivity index (χ3v) is 5.47. The number of hydrogen-bond donors (Lipinski definition) is 0. The molecule has 0 spiro atoms. The second-order valence-corrected chi connectivity index (χ2v) is 8.11. The van der Waals surface area contributed by atoms with E-state index in [-0.39, 0.29) is 0 Å². The molecule has 0 aliphatic heterocycles. The van der Waals surface area contributed by atoms with Crippen LogP contribution in [0.2, 0.25) is 0 Å². The van der Waals surface area contributed by atoms with Crippen molar-refractivity contribution in [1.82, 2.24) is 0 Å². The summed E-state index contributed by atoms with van der Waals surface area (Å²) in [5.74, 6) is 1.98. The van der Waals surface area contributed by atoms with Crippen molar-refractivity contribution in [3.8, 4) is 0 Å². The zero-order valence-electron chi connectivity index (χ0n) is 17.2. The van der Waals surface area contributed by atoms with Gasteiger partial charge in [0.1, 0.15) is 0 Å². The summed E-state index contributed by atoms with van der Waals surface area (Å²) >= 11 is 0. The summed E-state index contributed by atoms with van der Waals surface area (Å²) in [4.78, 5) is 0. The highest BCUT2D eigenvalue weighted by Crippen LogP contribution is 2.27. The highest BCUT2D eigenvalue weighted by atomic mass is 14.2. The second-order valence-electron chi connectivity index (χ2n) is 8.11. The highest BCUT2D eigenvalue weighted by Gasteiger charge is 2.13. The van der Waals surface area contributed by atoms with Gasteiger partial charge in [-0.1, -0.05) is 130 Å². The molecule has 23 heavy (non-hydrogen) atoms. The van der Waals surface area contributed by atoms with Gasteiger partial charge in [-0.3, -0.25) is 0 Å². The first-order chi connectivity index (χ1) is 11.2. The van der Waals surface area contributed by atoms with Gasteiger partial charge < -0.3 is 0 Å². The lowest BCUT2D eigenvalue weighted by Crippen LogP contribution is -2.07. The lowest BCUT2D eigenvalue weighted by Gasteiger charge is -2.21. The van der Waals surface area contributed by atoms with E-state index in [0.717, 1.165) is 11.8 Å². The molecule has 0 aromatic carbocycles. The van der Waals surface area contributed by atoms with E-state index in [1.165, 1.54) is 109 Å². The minimum atomic E-state index is 0.957. The molecule has 0 heterocycles. The minimum Gasteiger partial charge on any atom is -0.0654 e. The van der Waals surface area contributed by atoms with Crippen molar-refractivity contribution >= 4 is 0 Å². The van der Waals surface area contributed by atoms with E-state index in [2.05, 4.69) is 27.7 Å². The molecular weight excluding hydrogens is 276 g/mol. The maximum Gasteiger partial charge on any atom is -0.0412 e. The molecular formula is C23H48. The fourth-order valence-electron chi connectivity index (χ4n) is 3.88. The van der Waals surface area contributed by atoms with E-state index in [0.29, 0.717) is 0 Å². The van der Waals surface area contributed by atoms with E-state index in [1.54, 1.807) is 0 Å². The average molecular weight is 325 g/mol. The minimum absolute atomic E-state index is 0.957. The Hall–Kier alpha value is 0. The number of rotatable bonds is 18. The fraction of sp³-hybridized carbons (Fsp3) is 1.00. The topological polar surface area (TPSA) is 0 Å². The van der Waals surface area contributed by atoms with Crippen LogP contribution in [0.1, 0.15) is 137 Å². The van der Waals surface area contributed by atoms with Gasteiger partial charge in [-0.25, -0.2) is 0 Å². The van der Waals surface area contributed by atoms with Crippen LogP contribution in [0.4, 0.5) is 0 Å². The van der Waals surface area contributed by atoms with Gasteiger partial charge in [0.2, 0.25) is 0 Å². The quantitative estimate of drug-likeness (QED) is 0.221. The molecule has 0 bridgehead atoms. The molecule has 0 nitrogen and oxygen atoms in total. The van der Waals surface area contributed by atoms with Crippen LogP contribution >= 0.6 is 0 Å². The van der Waals surface area contributed by atoms with Gasteiger partial charge in [0.25, 0.3) is 0 Å². The highest BCUT2D eigenvalue weighted by molar-refractivity contribution is 4.65. The van der Waals surface area contributed by atoms with E-state index in [4.69, 9.17) is 0 Å². The molecule has 0 aliphatic carbocycles. The summed E-state index contributed by atoms with van der Waals surface area (Å²) in [5, 5.41) is 0.